The van der Waals surface area contributed by atoms with E-state index in [0.29, 0.717) is 17.2 Å². The third kappa shape index (κ3) is 1.50. The summed E-state index contributed by atoms with van der Waals surface area (Å²) in [6.45, 7) is 0.177. The largest absolute Gasteiger partial charge is 0.476 e. The molecule has 1 aliphatic rings. The first kappa shape index (κ1) is 10.6. The van der Waals surface area contributed by atoms with Gasteiger partial charge in [0, 0.05) is 12.6 Å². The fourth-order valence-electron chi connectivity index (χ4n) is 1.96. The fourth-order valence-corrected chi connectivity index (χ4v) is 1.96. The molecule has 1 aromatic carbocycles. The Morgan fingerprint density at radius 2 is 2.28 bits per heavy atom. The van der Waals surface area contributed by atoms with Gasteiger partial charge in [-0.2, -0.15) is 5.10 Å². The Balaban J connectivity index is 2.16. The molecule has 0 spiro atoms. The minimum absolute atomic E-state index is 0.00372. The molecule has 0 bridgehead atoms. The van der Waals surface area contributed by atoms with E-state index < -0.39 is 5.97 Å². The Kier molecular flexibility index (Phi) is 2.22. The highest BCUT2D eigenvalue weighted by Gasteiger charge is 2.21. The SMILES string of the molecule is Cn1nc(C(=O)O)cc1-c1cccc2c1OCO2. The average molecular weight is 246 g/mol. The van der Waals surface area contributed by atoms with Gasteiger partial charge in [0.25, 0.3) is 0 Å². The maximum atomic E-state index is 10.9. The summed E-state index contributed by atoms with van der Waals surface area (Å²) in [7, 11) is 1.69. The number of para-hydroxylation sites is 1. The van der Waals surface area contributed by atoms with E-state index in [9.17, 15) is 4.79 Å². The first-order valence-electron chi connectivity index (χ1n) is 5.33. The number of hydrogen-bond donors (Lipinski definition) is 1. The van der Waals surface area contributed by atoms with Gasteiger partial charge in [-0.3, -0.25) is 4.68 Å². The second-order valence-electron chi connectivity index (χ2n) is 3.88. The molecule has 1 aromatic heterocycles. The molecule has 0 atom stereocenters. The highest BCUT2D eigenvalue weighted by Crippen LogP contribution is 2.40. The van der Waals surface area contributed by atoms with E-state index in [1.807, 2.05) is 12.1 Å². The smallest absolute Gasteiger partial charge is 0.356 e. The summed E-state index contributed by atoms with van der Waals surface area (Å²) in [4.78, 5) is 10.9. The number of aryl methyl sites for hydroxylation is 1. The second kappa shape index (κ2) is 3.76. The molecular formula is C12H10N2O4. The molecule has 6 nitrogen and oxygen atoms in total. The van der Waals surface area contributed by atoms with Gasteiger partial charge in [-0.25, -0.2) is 4.79 Å². The van der Waals surface area contributed by atoms with Crippen molar-refractivity contribution in [3.8, 4) is 22.8 Å². The predicted octanol–water partition coefficient (Wildman–Crippen LogP) is 1.51. The van der Waals surface area contributed by atoms with E-state index >= 15 is 0 Å². The zero-order valence-electron chi connectivity index (χ0n) is 9.58. The molecule has 0 radical (unpaired) electrons. The molecule has 0 amide bonds. The van der Waals surface area contributed by atoms with Crippen LogP contribution >= 0.6 is 0 Å². The van der Waals surface area contributed by atoms with Crippen molar-refractivity contribution < 1.29 is 19.4 Å². The van der Waals surface area contributed by atoms with Crippen molar-refractivity contribution in [1.82, 2.24) is 9.78 Å². The number of fused-ring (bicyclic) bond motifs is 1. The van der Waals surface area contributed by atoms with Crippen LogP contribution < -0.4 is 9.47 Å². The quantitative estimate of drug-likeness (QED) is 0.869. The molecule has 92 valence electrons. The van der Waals surface area contributed by atoms with Gasteiger partial charge >= 0.3 is 5.97 Å². The second-order valence-corrected chi connectivity index (χ2v) is 3.88. The highest BCUT2D eigenvalue weighted by molar-refractivity contribution is 5.87. The molecule has 0 saturated heterocycles. The Morgan fingerprint density at radius 1 is 1.44 bits per heavy atom. The first-order chi connectivity index (χ1) is 8.66. The Hall–Kier alpha value is -2.50. The van der Waals surface area contributed by atoms with E-state index in [1.165, 1.54) is 10.7 Å². The predicted molar refractivity (Wildman–Crippen MR) is 61.7 cm³/mol. The summed E-state index contributed by atoms with van der Waals surface area (Å²) in [5.41, 5.74) is 1.45. The third-order valence-corrected chi connectivity index (χ3v) is 2.77. The molecule has 6 heteroatoms. The standard InChI is InChI=1S/C12H10N2O4/c1-14-9(5-8(13-14)12(15)16)7-3-2-4-10-11(7)18-6-17-10/h2-5H,6H2,1H3,(H,15,16). The summed E-state index contributed by atoms with van der Waals surface area (Å²) in [5, 5.41) is 12.9. The number of aromatic nitrogens is 2. The Labute approximate surface area is 102 Å². The Bertz CT molecular complexity index is 633. The van der Waals surface area contributed by atoms with E-state index in [1.54, 1.807) is 13.1 Å². The van der Waals surface area contributed by atoms with Gasteiger partial charge in [0.1, 0.15) is 0 Å². The minimum Gasteiger partial charge on any atom is -0.476 e. The van der Waals surface area contributed by atoms with Crippen LogP contribution in [0.1, 0.15) is 10.5 Å². The number of ether oxygens (including phenoxy) is 2. The van der Waals surface area contributed by atoms with Crippen molar-refractivity contribution in [2.75, 3.05) is 6.79 Å². The number of rotatable bonds is 2. The number of hydrogen-bond acceptors (Lipinski definition) is 4. The zero-order valence-corrected chi connectivity index (χ0v) is 9.58. The van der Waals surface area contributed by atoms with Crippen molar-refractivity contribution in [3.05, 3.63) is 30.0 Å². The molecule has 1 aliphatic heterocycles. The number of benzene rings is 1. The highest BCUT2D eigenvalue weighted by atomic mass is 16.7. The first-order valence-corrected chi connectivity index (χ1v) is 5.33. The molecule has 0 fully saturated rings. The minimum atomic E-state index is -1.05. The van der Waals surface area contributed by atoms with Crippen molar-refractivity contribution in [3.63, 3.8) is 0 Å². The van der Waals surface area contributed by atoms with Gasteiger partial charge in [0.05, 0.1) is 5.69 Å². The van der Waals surface area contributed by atoms with Crippen LogP contribution in [0.2, 0.25) is 0 Å². The molecular weight excluding hydrogens is 236 g/mol. The third-order valence-electron chi connectivity index (χ3n) is 2.77. The normalized spacial score (nSPS) is 12.7. The fraction of sp³-hybridized carbons (Fsp3) is 0.167. The van der Waals surface area contributed by atoms with Gasteiger partial charge in [-0.05, 0) is 18.2 Å². The lowest BCUT2D eigenvalue weighted by atomic mass is 10.1. The maximum absolute atomic E-state index is 10.9. The molecule has 0 saturated carbocycles. The zero-order chi connectivity index (χ0) is 12.7. The Morgan fingerprint density at radius 3 is 3.00 bits per heavy atom. The summed E-state index contributed by atoms with van der Waals surface area (Å²) >= 11 is 0. The number of aromatic carboxylic acids is 1. The van der Waals surface area contributed by atoms with Crippen LogP contribution in [0.3, 0.4) is 0 Å². The molecule has 3 rings (SSSR count). The number of nitrogens with zero attached hydrogens (tertiary/aromatic N) is 2. The van der Waals surface area contributed by atoms with Crippen LogP contribution in [0.25, 0.3) is 11.3 Å². The summed E-state index contributed by atoms with van der Waals surface area (Å²) < 4.78 is 12.2. The van der Waals surface area contributed by atoms with Gasteiger partial charge < -0.3 is 14.6 Å². The van der Waals surface area contributed by atoms with Gasteiger partial charge in [0.15, 0.2) is 17.2 Å². The van der Waals surface area contributed by atoms with Crippen LogP contribution in [0, 0.1) is 0 Å². The molecule has 18 heavy (non-hydrogen) atoms. The van der Waals surface area contributed by atoms with Crippen LogP contribution in [-0.2, 0) is 7.05 Å². The molecule has 2 aromatic rings. The van der Waals surface area contributed by atoms with E-state index in [-0.39, 0.29) is 12.5 Å². The van der Waals surface area contributed by atoms with Gasteiger partial charge in [0.2, 0.25) is 6.79 Å². The van der Waals surface area contributed by atoms with E-state index in [4.69, 9.17) is 14.6 Å². The van der Waals surface area contributed by atoms with Crippen LogP contribution in [-0.4, -0.2) is 27.6 Å². The van der Waals surface area contributed by atoms with Crippen LogP contribution in [0.4, 0.5) is 0 Å². The van der Waals surface area contributed by atoms with Crippen molar-refractivity contribution >= 4 is 5.97 Å². The summed E-state index contributed by atoms with van der Waals surface area (Å²) in [6, 6.07) is 6.99. The molecule has 2 heterocycles. The number of carboxylic acid groups (broad SMARTS) is 1. The van der Waals surface area contributed by atoms with E-state index in [2.05, 4.69) is 5.10 Å². The molecule has 1 N–H and O–H groups in total. The maximum Gasteiger partial charge on any atom is 0.356 e. The number of carboxylic acids is 1. The van der Waals surface area contributed by atoms with Gasteiger partial charge in [-0.1, -0.05) is 6.07 Å². The van der Waals surface area contributed by atoms with Crippen molar-refractivity contribution in [2.45, 2.75) is 0 Å². The lowest BCUT2D eigenvalue weighted by Gasteiger charge is -2.05. The monoisotopic (exact) mass is 246 g/mol. The molecule has 0 aliphatic carbocycles. The number of carbonyl (C=O) groups is 1. The van der Waals surface area contributed by atoms with Gasteiger partial charge in [-0.15, -0.1) is 0 Å². The van der Waals surface area contributed by atoms with Crippen LogP contribution in [0.5, 0.6) is 11.5 Å². The lowest BCUT2D eigenvalue weighted by Crippen LogP contribution is -1.99. The lowest BCUT2D eigenvalue weighted by molar-refractivity contribution is 0.0689. The van der Waals surface area contributed by atoms with Crippen molar-refractivity contribution in [2.24, 2.45) is 7.05 Å². The van der Waals surface area contributed by atoms with Crippen LogP contribution in [0.15, 0.2) is 24.3 Å². The topological polar surface area (TPSA) is 73.6 Å². The molecule has 0 unspecified atom stereocenters. The summed E-state index contributed by atoms with van der Waals surface area (Å²) in [6.07, 6.45) is 0. The van der Waals surface area contributed by atoms with E-state index in [0.717, 1.165) is 5.56 Å². The summed E-state index contributed by atoms with van der Waals surface area (Å²) in [5.74, 6) is 0.226. The average Bonchev–Trinajstić information content (AvgIpc) is 2.94. The van der Waals surface area contributed by atoms with Crippen molar-refractivity contribution in [1.29, 1.82) is 0 Å².